The van der Waals surface area contributed by atoms with Crippen LogP contribution in [-0.4, -0.2) is 17.5 Å². The fourth-order valence-corrected chi connectivity index (χ4v) is 1.74. The second kappa shape index (κ2) is 3.77. The highest BCUT2D eigenvalue weighted by molar-refractivity contribution is 6.13. The Labute approximate surface area is 88.0 Å². The summed E-state index contributed by atoms with van der Waals surface area (Å²) in [7, 11) is 0. The van der Waals surface area contributed by atoms with Crippen LogP contribution in [-0.2, 0) is 6.42 Å². The predicted octanol–water partition coefficient (Wildman–Crippen LogP) is 2.27. The molecular weight excluding hydrogens is 192 g/mol. The van der Waals surface area contributed by atoms with E-state index >= 15 is 0 Å². The van der Waals surface area contributed by atoms with Crippen molar-refractivity contribution >= 4 is 5.78 Å². The average molecular weight is 204 g/mol. The van der Waals surface area contributed by atoms with Gasteiger partial charge < -0.3 is 9.84 Å². The first-order valence-corrected chi connectivity index (χ1v) is 4.90. The van der Waals surface area contributed by atoms with Gasteiger partial charge in [-0.25, -0.2) is 0 Å². The molecule has 78 valence electrons. The monoisotopic (exact) mass is 204 g/mol. The molecule has 1 aromatic rings. The third-order valence-electron chi connectivity index (χ3n) is 2.47. The van der Waals surface area contributed by atoms with Crippen molar-refractivity contribution in [3.05, 3.63) is 41.2 Å². The van der Waals surface area contributed by atoms with Crippen LogP contribution in [0.2, 0.25) is 0 Å². The van der Waals surface area contributed by atoms with Crippen molar-refractivity contribution in [2.24, 2.45) is 0 Å². The standard InChI is InChI=1S/C12H12O3/c1-2-15-10-4-3-8-5-9(7-13)12(14)11(8)6-10/h3-4,6-7,13H,2,5H2,1H3/b9-7-. The third kappa shape index (κ3) is 1.61. The summed E-state index contributed by atoms with van der Waals surface area (Å²) in [5, 5.41) is 8.87. The molecular formula is C12H12O3. The topological polar surface area (TPSA) is 46.5 Å². The van der Waals surface area contributed by atoms with Gasteiger partial charge in [-0.2, -0.15) is 0 Å². The second-order valence-electron chi connectivity index (χ2n) is 3.41. The SMILES string of the molecule is CCOc1ccc2c(c1)C(=O)/C(=C\O)C2. The number of allylic oxidation sites excluding steroid dienone is 1. The van der Waals surface area contributed by atoms with E-state index in [1.807, 2.05) is 19.1 Å². The number of Topliss-reactive ketones (excluding diaryl/α,β-unsaturated/α-hetero) is 1. The highest BCUT2D eigenvalue weighted by Gasteiger charge is 2.25. The van der Waals surface area contributed by atoms with E-state index in [-0.39, 0.29) is 5.78 Å². The van der Waals surface area contributed by atoms with Gasteiger partial charge in [0.1, 0.15) is 5.75 Å². The minimum Gasteiger partial charge on any atom is -0.515 e. The largest absolute Gasteiger partial charge is 0.515 e. The quantitative estimate of drug-likeness (QED) is 0.593. The van der Waals surface area contributed by atoms with E-state index in [4.69, 9.17) is 9.84 Å². The molecule has 0 saturated heterocycles. The van der Waals surface area contributed by atoms with Gasteiger partial charge >= 0.3 is 0 Å². The molecule has 0 aliphatic heterocycles. The number of rotatable bonds is 2. The van der Waals surface area contributed by atoms with Crippen molar-refractivity contribution in [1.82, 2.24) is 0 Å². The van der Waals surface area contributed by atoms with E-state index in [2.05, 4.69) is 0 Å². The van der Waals surface area contributed by atoms with E-state index < -0.39 is 0 Å². The lowest BCUT2D eigenvalue weighted by Gasteiger charge is -2.04. The van der Waals surface area contributed by atoms with Gasteiger partial charge in [-0.1, -0.05) is 6.07 Å². The van der Waals surface area contributed by atoms with Gasteiger partial charge in [-0.15, -0.1) is 0 Å². The zero-order chi connectivity index (χ0) is 10.8. The van der Waals surface area contributed by atoms with Crippen LogP contribution in [0.4, 0.5) is 0 Å². The molecule has 2 rings (SSSR count). The Balaban J connectivity index is 2.40. The van der Waals surface area contributed by atoms with E-state index in [1.54, 1.807) is 6.07 Å². The van der Waals surface area contributed by atoms with Crippen molar-refractivity contribution in [2.75, 3.05) is 6.61 Å². The number of carbonyl (C=O) groups is 1. The van der Waals surface area contributed by atoms with Gasteiger partial charge in [0.15, 0.2) is 5.78 Å². The van der Waals surface area contributed by atoms with Crippen molar-refractivity contribution in [2.45, 2.75) is 13.3 Å². The van der Waals surface area contributed by atoms with Crippen molar-refractivity contribution in [1.29, 1.82) is 0 Å². The summed E-state index contributed by atoms with van der Waals surface area (Å²) in [4.78, 5) is 11.7. The van der Waals surface area contributed by atoms with E-state index in [9.17, 15) is 4.79 Å². The Morgan fingerprint density at radius 1 is 1.53 bits per heavy atom. The van der Waals surface area contributed by atoms with Crippen LogP contribution < -0.4 is 4.74 Å². The van der Waals surface area contributed by atoms with Gasteiger partial charge in [0.25, 0.3) is 0 Å². The molecule has 1 aliphatic carbocycles. The highest BCUT2D eigenvalue weighted by Crippen LogP contribution is 2.29. The number of benzene rings is 1. The Bertz CT molecular complexity index is 432. The van der Waals surface area contributed by atoms with E-state index in [0.717, 1.165) is 11.8 Å². The molecule has 0 heterocycles. The lowest BCUT2D eigenvalue weighted by Crippen LogP contribution is -1.97. The van der Waals surface area contributed by atoms with Crippen LogP contribution in [0.25, 0.3) is 0 Å². The van der Waals surface area contributed by atoms with Crippen LogP contribution in [0.15, 0.2) is 30.0 Å². The lowest BCUT2D eigenvalue weighted by molar-refractivity contribution is 0.103. The van der Waals surface area contributed by atoms with Gasteiger partial charge in [-0.05, 0) is 24.6 Å². The molecule has 0 unspecified atom stereocenters. The predicted molar refractivity (Wildman–Crippen MR) is 56.4 cm³/mol. The third-order valence-corrected chi connectivity index (χ3v) is 2.47. The van der Waals surface area contributed by atoms with Crippen LogP contribution in [0.3, 0.4) is 0 Å². The Morgan fingerprint density at radius 2 is 2.33 bits per heavy atom. The Morgan fingerprint density at radius 3 is 3.00 bits per heavy atom. The summed E-state index contributed by atoms with van der Waals surface area (Å²) in [6, 6.07) is 5.45. The zero-order valence-electron chi connectivity index (χ0n) is 8.49. The lowest BCUT2D eigenvalue weighted by atomic mass is 10.1. The summed E-state index contributed by atoms with van der Waals surface area (Å²) in [5.74, 6) is 0.595. The van der Waals surface area contributed by atoms with Crippen LogP contribution in [0.1, 0.15) is 22.8 Å². The molecule has 0 aromatic heterocycles. The molecule has 1 aliphatic rings. The molecule has 1 aromatic carbocycles. The van der Waals surface area contributed by atoms with Gasteiger partial charge in [0.05, 0.1) is 12.9 Å². The first kappa shape index (κ1) is 9.77. The molecule has 15 heavy (non-hydrogen) atoms. The van der Waals surface area contributed by atoms with Crippen LogP contribution >= 0.6 is 0 Å². The summed E-state index contributed by atoms with van der Waals surface area (Å²) in [6.07, 6.45) is 1.40. The van der Waals surface area contributed by atoms with Crippen molar-refractivity contribution < 1.29 is 14.6 Å². The molecule has 0 saturated carbocycles. The molecule has 0 radical (unpaired) electrons. The number of hydrogen-bond donors (Lipinski definition) is 1. The molecule has 0 fully saturated rings. The number of aliphatic hydroxyl groups excluding tert-OH is 1. The normalized spacial score (nSPS) is 16.9. The molecule has 0 amide bonds. The smallest absolute Gasteiger partial charge is 0.192 e. The number of fused-ring (bicyclic) bond motifs is 1. The van der Waals surface area contributed by atoms with Gasteiger partial charge in [-0.3, -0.25) is 4.79 Å². The molecule has 0 spiro atoms. The van der Waals surface area contributed by atoms with E-state index in [1.165, 1.54) is 0 Å². The molecule has 0 atom stereocenters. The van der Waals surface area contributed by atoms with Gasteiger partial charge in [0.2, 0.25) is 0 Å². The summed E-state index contributed by atoms with van der Waals surface area (Å²) in [6.45, 7) is 2.48. The van der Waals surface area contributed by atoms with Gasteiger partial charge in [0, 0.05) is 17.6 Å². The molecule has 0 bridgehead atoms. The fourth-order valence-electron chi connectivity index (χ4n) is 1.74. The summed E-state index contributed by atoms with van der Waals surface area (Å²) in [5.41, 5.74) is 2.03. The maximum atomic E-state index is 11.7. The number of carbonyl (C=O) groups excluding carboxylic acids is 1. The minimum atomic E-state index is -0.103. The molecule has 1 N–H and O–H groups in total. The average Bonchev–Trinajstić information content (AvgIpc) is 2.56. The molecule has 3 nitrogen and oxygen atoms in total. The summed E-state index contributed by atoms with van der Waals surface area (Å²) >= 11 is 0. The number of aliphatic hydroxyl groups is 1. The van der Waals surface area contributed by atoms with Crippen molar-refractivity contribution in [3.63, 3.8) is 0 Å². The minimum absolute atomic E-state index is 0.103. The first-order chi connectivity index (χ1) is 7.26. The maximum absolute atomic E-state index is 11.7. The zero-order valence-corrected chi connectivity index (χ0v) is 8.49. The van der Waals surface area contributed by atoms with E-state index in [0.29, 0.717) is 29.9 Å². The maximum Gasteiger partial charge on any atom is 0.192 e. The molecule has 3 heteroatoms. The second-order valence-corrected chi connectivity index (χ2v) is 3.41. The fraction of sp³-hybridized carbons (Fsp3) is 0.250. The number of ether oxygens (including phenoxy) is 1. The van der Waals surface area contributed by atoms with Crippen molar-refractivity contribution in [3.8, 4) is 5.75 Å². The number of ketones is 1. The Kier molecular flexibility index (Phi) is 2.46. The Hall–Kier alpha value is -1.77. The summed E-state index contributed by atoms with van der Waals surface area (Å²) < 4.78 is 5.31. The highest BCUT2D eigenvalue weighted by atomic mass is 16.5. The first-order valence-electron chi connectivity index (χ1n) is 4.90. The van der Waals surface area contributed by atoms with Crippen LogP contribution in [0, 0.1) is 0 Å². The van der Waals surface area contributed by atoms with Crippen LogP contribution in [0.5, 0.6) is 5.75 Å². The number of hydrogen-bond acceptors (Lipinski definition) is 3.